The van der Waals surface area contributed by atoms with Crippen LogP contribution in [0.15, 0.2) is 70.3 Å². The lowest BCUT2D eigenvalue weighted by molar-refractivity contribution is 0.0988. The van der Waals surface area contributed by atoms with Crippen molar-refractivity contribution in [1.29, 1.82) is 0 Å². The van der Waals surface area contributed by atoms with E-state index in [4.69, 9.17) is 4.52 Å². The van der Waals surface area contributed by atoms with Gasteiger partial charge in [0.15, 0.2) is 5.69 Å². The van der Waals surface area contributed by atoms with E-state index in [1.165, 1.54) is 6.26 Å². The van der Waals surface area contributed by atoms with E-state index in [-0.39, 0.29) is 11.3 Å². The molecule has 0 saturated heterocycles. The summed E-state index contributed by atoms with van der Waals surface area (Å²) < 4.78 is 17.6. The largest absolute Gasteiger partial charge is 0.364 e. The zero-order valence-corrected chi connectivity index (χ0v) is 19.6. The van der Waals surface area contributed by atoms with Gasteiger partial charge in [0.25, 0.3) is 5.91 Å². The summed E-state index contributed by atoms with van der Waals surface area (Å²) in [6.45, 7) is 6.25. The average Bonchev–Trinajstić information content (AvgIpc) is 3.51. The first-order valence-electron chi connectivity index (χ1n) is 10.6. The smallest absolute Gasteiger partial charge is 0.280 e. The number of rotatable bonds is 4. The Morgan fingerprint density at radius 3 is 2.42 bits per heavy atom. The third kappa shape index (κ3) is 3.51. The first-order valence-corrected chi connectivity index (χ1v) is 12.2. The molecule has 0 spiro atoms. The molecule has 4 aromatic rings. The number of fused-ring (bicyclic) bond motifs is 1. The molecule has 1 N–H and O–H groups in total. The SMILES string of the molecule is CS(=O)c1ccccc1C1c2c(n[nH]c2C(C)(C)C)C(=O)N1c1ccc(-c2ccon2)cc1. The second kappa shape index (κ2) is 7.81. The van der Waals surface area contributed by atoms with E-state index < -0.39 is 16.8 Å². The van der Waals surface area contributed by atoms with E-state index in [1.807, 2.05) is 48.5 Å². The van der Waals surface area contributed by atoms with E-state index in [1.54, 1.807) is 17.2 Å². The summed E-state index contributed by atoms with van der Waals surface area (Å²) in [7, 11) is -1.22. The van der Waals surface area contributed by atoms with Gasteiger partial charge < -0.3 is 4.52 Å². The highest BCUT2D eigenvalue weighted by molar-refractivity contribution is 7.84. The van der Waals surface area contributed by atoms with Crippen molar-refractivity contribution in [3.8, 4) is 11.3 Å². The van der Waals surface area contributed by atoms with Crippen LogP contribution in [0.4, 0.5) is 5.69 Å². The van der Waals surface area contributed by atoms with Gasteiger partial charge in [-0.3, -0.25) is 19.0 Å². The first-order chi connectivity index (χ1) is 15.8. The number of hydrogen-bond acceptors (Lipinski definition) is 5. The summed E-state index contributed by atoms with van der Waals surface area (Å²) in [4.78, 5) is 16.1. The van der Waals surface area contributed by atoms with Crippen LogP contribution in [0.5, 0.6) is 0 Å². The van der Waals surface area contributed by atoms with Crippen molar-refractivity contribution in [2.24, 2.45) is 0 Å². The lowest BCUT2D eigenvalue weighted by Gasteiger charge is -2.29. The number of H-pyrrole nitrogens is 1. The number of carbonyl (C=O) groups excluding carboxylic acids is 1. The van der Waals surface area contributed by atoms with Crippen LogP contribution >= 0.6 is 0 Å². The van der Waals surface area contributed by atoms with Crippen LogP contribution in [0.3, 0.4) is 0 Å². The van der Waals surface area contributed by atoms with Crippen molar-refractivity contribution < 1.29 is 13.5 Å². The lowest BCUT2D eigenvalue weighted by Crippen LogP contribution is -2.30. The van der Waals surface area contributed by atoms with Gasteiger partial charge in [-0.05, 0) is 23.8 Å². The molecule has 5 rings (SSSR count). The Hall–Kier alpha value is -3.52. The van der Waals surface area contributed by atoms with E-state index in [0.29, 0.717) is 10.6 Å². The molecule has 1 amide bonds. The topological polar surface area (TPSA) is 92.1 Å². The molecule has 2 aromatic carbocycles. The fourth-order valence-electron chi connectivity index (χ4n) is 4.40. The number of aromatic nitrogens is 3. The third-order valence-corrected chi connectivity index (χ3v) is 6.90. The minimum Gasteiger partial charge on any atom is -0.364 e. The van der Waals surface area contributed by atoms with E-state index >= 15 is 0 Å². The van der Waals surface area contributed by atoms with E-state index in [9.17, 15) is 9.00 Å². The molecule has 0 fully saturated rings. The minimum atomic E-state index is -1.22. The van der Waals surface area contributed by atoms with Gasteiger partial charge in [0.05, 0.1) is 16.8 Å². The van der Waals surface area contributed by atoms with Crippen LogP contribution in [0.25, 0.3) is 11.3 Å². The van der Waals surface area contributed by atoms with Crippen LogP contribution in [-0.2, 0) is 16.2 Å². The van der Waals surface area contributed by atoms with Crippen LogP contribution in [0.2, 0.25) is 0 Å². The van der Waals surface area contributed by atoms with Crippen LogP contribution < -0.4 is 4.90 Å². The molecular weight excluding hydrogens is 436 g/mol. The quantitative estimate of drug-likeness (QED) is 0.470. The zero-order valence-electron chi connectivity index (χ0n) is 18.8. The Balaban J connectivity index is 1.70. The van der Waals surface area contributed by atoms with Gasteiger partial charge in [-0.15, -0.1) is 0 Å². The molecule has 2 unspecified atom stereocenters. The van der Waals surface area contributed by atoms with Crippen molar-refractivity contribution >= 4 is 22.4 Å². The number of hydrogen-bond donors (Lipinski definition) is 1. The molecule has 0 bridgehead atoms. The first kappa shape index (κ1) is 21.3. The predicted octanol–water partition coefficient (Wildman–Crippen LogP) is 4.85. The van der Waals surface area contributed by atoms with Gasteiger partial charge >= 0.3 is 0 Å². The summed E-state index contributed by atoms with van der Waals surface area (Å²) in [5.41, 5.74) is 5.05. The molecule has 2 atom stereocenters. The predicted molar refractivity (Wildman–Crippen MR) is 127 cm³/mol. The Kier molecular flexibility index (Phi) is 5.05. The highest BCUT2D eigenvalue weighted by Gasteiger charge is 2.45. The summed E-state index contributed by atoms with van der Waals surface area (Å²) >= 11 is 0. The van der Waals surface area contributed by atoms with Crippen molar-refractivity contribution in [2.45, 2.75) is 37.1 Å². The molecule has 2 aromatic heterocycles. The molecule has 0 saturated carbocycles. The molecule has 0 aliphatic carbocycles. The number of anilines is 1. The van der Waals surface area contributed by atoms with Gasteiger partial charge in [0, 0.05) is 45.1 Å². The zero-order chi connectivity index (χ0) is 23.3. The molecule has 7 nitrogen and oxygen atoms in total. The highest BCUT2D eigenvalue weighted by Crippen LogP contribution is 2.46. The maximum Gasteiger partial charge on any atom is 0.280 e. The Morgan fingerprint density at radius 2 is 1.79 bits per heavy atom. The normalized spacial score (nSPS) is 16.8. The summed E-state index contributed by atoms with van der Waals surface area (Å²) in [5.74, 6) is -0.187. The van der Waals surface area contributed by atoms with Crippen LogP contribution in [-0.4, -0.2) is 31.7 Å². The van der Waals surface area contributed by atoms with Gasteiger partial charge in [-0.1, -0.05) is 56.3 Å². The molecule has 3 heterocycles. The molecule has 168 valence electrons. The maximum absolute atomic E-state index is 13.7. The fraction of sp³-hybridized carbons (Fsp3) is 0.240. The van der Waals surface area contributed by atoms with Crippen molar-refractivity contribution in [3.05, 3.63) is 83.4 Å². The summed E-state index contributed by atoms with van der Waals surface area (Å²) in [6.07, 6.45) is 3.19. The molecule has 33 heavy (non-hydrogen) atoms. The van der Waals surface area contributed by atoms with Crippen molar-refractivity contribution in [3.63, 3.8) is 0 Å². The minimum absolute atomic E-state index is 0.187. The monoisotopic (exact) mass is 460 g/mol. The number of nitrogens with zero attached hydrogens (tertiary/aromatic N) is 3. The molecule has 0 radical (unpaired) electrons. The van der Waals surface area contributed by atoms with Gasteiger partial charge in [0.1, 0.15) is 12.0 Å². The Morgan fingerprint density at radius 1 is 1.06 bits per heavy atom. The fourth-order valence-corrected chi connectivity index (χ4v) is 5.18. The summed E-state index contributed by atoms with van der Waals surface area (Å²) in [6, 6.07) is 16.5. The van der Waals surface area contributed by atoms with E-state index in [0.717, 1.165) is 33.8 Å². The molecular formula is C25H24N4O3S. The van der Waals surface area contributed by atoms with Crippen molar-refractivity contribution in [1.82, 2.24) is 15.4 Å². The number of nitrogens with one attached hydrogen (secondary N) is 1. The Labute approximate surface area is 194 Å². The van der Waals surface area contributed by atoms with Gasteiger partial charge in [-0.2, -0.15) is 5.10 Å². The number of carbonyl (C=O) groups is 1. The third-order valence-electron chi connectivity index (χ3n) is 5.91. The van der Waals surface area contributed by atoms with Crippen LogP contribution in [0.1, 0.15) is 54.1 Å². The van der Waals surface area contributed by atoms with Gasteiger partial charge in [0.2, 0.25) is 0 Å². The standard InChI is InChI=1S/C25H24N4O3S/c1-25(2,3)23-20-21(26-27-23)24(30)29(22(20)17-7-5-6-8-19(17)33(4)31)16-11-9-15(10-12-16)18-13-14-32-28-18/h5-14,22H,1-4H3,(H,26,27). The molecule has 1 aliphatic heterocycles. The lowest BCUT2D eigenvalue weighted by atomic mass is 9.85. The van der Waals surface area contributed by atoms with Crippen LogP contribution in [0, 0.1) is 0 Å². The number of aromatic amines is 1. The summed E-state index contributed by atoms with van der Waals surface area (Å²) in [5, 5.41) is 11.5. The van der Waals surface area contributed by atoms with Gasteiger partial charge in [-0.25, -0.2) is 0 Å². The average molecular weight is 461 g/mol. The molecule has 1 aliphatic rings. The Bertz CT molecular complexity index is 1350. The maximum atomic E-state index is 13.7. The van der Waals surface area contributed by atoms with Crippen molar-refractivity contribution in [2.75, 3.05) is 11.2 Å². The number of benzene rings is 2. The molecule has 8 heteroatoms. The second-order valence-electron chi connectivity index (χ2n) is 9.11. The second-order valence-corrected chi connectivity index (χ2v) is 10.5. The van der Waals surface area contributed by atoms with E-state index in [2.05, 4.69) is 36.1 Å². The highest BCUT2D eigenvalue weighted by atomic mass is 32.2. The number of amides is 1.